The van der Waals surface area contributed by atoms with Crippen LogP contribution in [0.15, 0.2) is 12.7 Å². The summed E-state index contributed by atoms with van der Waals surface area (Å²) < 4.78 is 0. The zero-order valence-electron chi connectivity index (χ0n) is 12.5. The molecule has 0 rings (SSSR count). The largest absolute Gasteiger partial charge is 0.351 e. The monoisotopic (exact) mass is 255 g/mol. The second-order valence-electron chi connectivity index (χ2n) is 5.13. The Hall–Kier alpha value is -0.870. The summed E-state index contributed by atoms with van der Waals surface area (Å²) in [6.07, 6.45) is 1.68. The van der Waals surface area contributed by atoms with Gasteiger partial charge in [-0.3, -0.25) is 9.69 Å². The van der Waals surface area contributed by atoms with Crippen molar-refractivity contribution in [2.45, 2.75) is 52.7 Å². The summed E-state index contributed by atoms with van der Waals surface area (Å²) in [5, 5.41) is 6.03. The van der Waals surface area contributed by atoms with Crippen molar-refractivity contribution in [3.05, 3.63) is 12.7 Å². The summed E-state index contributed by atoms with van der Waals surface area (Å²) in [5.74, 6) is 0.0237. The Morgan fingerprint density at radius 2 is 1.78 bits per heavy atom. The van der Waals surface area contributed by atoms with Gasteiger partial charge in [0.2, 0.25) is 5.91 Å². The Balaban J connectivity index is 3.94. The molecule has 0 aliphatic heterocycles. The third-order valence-electron chi connectivity index (χ3n) is 2.96. The lowest BCUT2D eigenvalue weighted by molar-refractivity contribution is -0.122. The van der Waals surface area contributed by atoms with Crippen LogP contribution in [0.3, 0.4) is 0 Å². The van der Waals surface area contributed by atoms with E-state index in [9.17, 15) is 4.79 Å². The third-order valence-corrected chi connectivity index (χ3v) is 2.96. The molecular formula is C14H29N3O. The summed E-state index contributed by atoms with van der Waals surface area (Å²) in [5.41, 5.74) is 0. The summed E-state index contributed by atoms with van der Waals surface area (Å²) in [6.45, 7) is 16.5. The fourth-order valence-corrected chi connectivity index (χ4v) is 1.94. The van der Waals surface area contributed by atoms with E-state index in [0.29, 0.717) is 18.6 Å². The van der Waals surface area contributed by atoms with E-state index in [0.717, 1.165) is 13.1 Å². The average molecular weight is 255 g/mol. The molecule has 0 fully saturated rings. The highest BCUT2D eigenvalue weighted by molar-refractivity contribution is 5.81. The molecule has 0 spiro atoms. The smallest absolute Gasteiger partial charge is 0.237 e. The molecule has 0 saturated heterocycles. The molecule has 1 atom stereocenters. The highest BCUT2D eigenvalue weighted by Gasteiger charge is 2.15. The van der Waals surface area contributed by atoms with Gasteiger partial charge in [0.05, 0.1) is 6.04 Å². The Bertz CT molecular complexity index is 243. The van der Waals surface area contributed by atoms with Gasteiger partial charge >= 0.3 is 0 Å². The fourth-order valence-electron chi connectivity index (χ4n) is 1.94. The number of nitrogens with one attached hydrogen (secondary N) is 2. The third kappa shape index (κ3) is 6.77. The predicted octanol–water partition coefficient (Wildman–Crippen LogP) is 1.39. The Labute approximate surface area is 112 Å². The van der Waals surface area contributed by atoms with Crippen LogP contribution < -0.4 is 10.6 Å². The average Bonchev–Trinajstić information content (AvgIpc) is 2.30. The van der Waals surface area contributed by atoms with Crippen molar-refractivity contribution in [1.82, 2.24) is 15.5 Å². The molecule has 1 unspecified atom stereocenters. The van der Waals surface area contributed by atoms with Gasteiger partial charge in [0.15, 0.2) is 0 Å². The number of carbonyl (C=O) groups is 1. The van der Waals surface area contributed by atoms with E-state index < -0.39 is 0 Å². The molecule has 2 N–H and O–H groups in total. The van der Waals surface area contributed by atoms with Gasteiger partial charge in [-0.05, 0) is 34.6 Å². The number of amides is 1. The van der Waals surface area contributed by atoms with Crippen LogP contribution in [0.5, 0.6) is 0 Å². The van der Waals surface area contributed by atoms with Crippen LogP contribution in [0.2, 0.25) is 0 Å². The second-order valence-corrected chi connectivity index (χ2v) is 5.13. The minimum Gasteiger partial charge on any atom is -0.351 e. The van der Waals surface area contributed by atoms with Gasteiger partial charge in [-0.25, -0.2) is 0 Å². The number of rotatable bonds is 9. The summed E-state index contributed by atoms with van der Waals surface area (Å²) in [6, 6.07) is 0.888. The SMILES string of the molecule is C=CCNC(=O)C(C)NCCN(C(C)C)C(C)C. The molecule has 4 nitrogen and oxygen atoms in total. The molecule has 0 aliphatic rings. The predicted molar refractivity (Wildman–Crippen MR) is 77.6 cm³/mol. The lowest BCUT2D eigenvalue weighted by atomic mass is 10.2. The van der Waals surface area contributed by atoms with Crippen LogP contribution in [0.1, 0.15) is 34.6 Å². The molecule has 0 saturated carbocycles. The van der Waals surface area contributed by atoms with Crippen molar-refractivity contribution < 1.29 is 4.79 Å². The van der Waals surface area contributed by atoms with Crippen molar-refractivity contribution in [2.24, 2.45) is 0 Å². The van der Waals surface area contributed by atoms with Crippen molar-refractivity contribution in [2.75, 3.05) is 19.6 Å². The molecule has 0 radical (unpaired) electrons. The first-order valence-electron chi connectivity index (χ1n) is 6.77. The lowest BCUT2D eigenvalue weighted by Gasteiger charge is -2.30. The molecule has 4 heteroatoms. The standard InChI is InChI=1S/C14H29N3O/c1-7-8-16-14(18)13(6)15-9-10-17(11(2)3)12(4)5/h7,11-13,15H,1,8-10H2,2-6H3,(H,16,18). The maximum atomic E-state index is 11.6. The minimum atomic E-state index is -0.161. The topological polar surface area (TPSA) is 44.4 Å². The minimum absolute atomic E-state index is 0.0237. The van der Waals surface area contributed by atoms with E-state index in [2.05, 4.69) is 49.8 Å². The van der Waals surface area contributed by atoms with Gasteiger partial charge in [0.25, 0.3) is 0 Å². The maximum Gasteiger partial charge on any atom is 0.237 e. The first kappa shape index (κ1) is 17.1. The lowest BCUT2D eigenvalue weighted by Crippen LogP contribution is -2.47. The van der Waals surface area contributed by atoms with Crippen molar-refractivity contribution >= 4 is 5.91 Å². The van der Waals surface area contributed by atoms with E-state index in [1.807, 2.05) is 6.92 Å². The molecule has 0 bridgehead atoms. The number of hydrogen-bond acceptors (Lipinski definition) is 3. The van der Waals surface area contributed by atoms with Crippen LogP contribution in [-0.2, 0) is 4.79 Å². The Morgan fingerprint density at radius 1 is 1.22 bits per heavy atom. The second kappa shape index (κ2) is 9.11. The maximum absolute atomic E-state index is 11.6. The van der Waals surface area contributed by atoms with Crippen molar-refractivity contribution in [3.63, 3.8) is 0 Å². The van der Waals surface area contributed by atoms with Gasteiger partial charge in [-0.2, -0.15) is 0 Å². The zero-order valence-corrected chi connectivity index (χ0v) is 12.5. The molecule has 0 aliphatic carbocycles. The number of nitrogens with zero attached hydrogens (tertiary/aromatic N) is 1. The van der Waals surface area contributed by atoms with E-state index in [1.54, 1.807) is 6.08 Å². The van der Waals surface area contributed by atoms with E-state index in [4.69, 9.17) is 0 Å². The van der Waals surface area contributed by atoms with Crippen LogP contribution in [0, 0.1) is 0 Å². The van der Waals surface area contributed by atoms with Crippen LogP contribution >= 0.6 is 0 Å². The van der Waals surface area contributed by atoms with Gasteiger partial charge in [0.1, 0.15) is 0 Å². The van der Waals surface area contributed by atoms with Crippen LogP contribution in [-0.4, -0.2) is 48.6 Å². The van der Waals surface area contributed by atoms with Gasteiger partial charge in [-0.15, -0.1) is 6.58 Å². The summed E-state index contributed by atoms with van der Waals surface area (Å²) in [4.78, 5) is 14.0. The highest BCUT2D eigenvalue weighted by Crippen LogP contribution is 2.03. The van der Waals surface area contributed by atoms with E-state index >= 15 is 0 Å². The summed E-state index contributed by atoms with van der Waals surface area (Å²) in [7, 11) is 0. The van der Waals surface area contributed by atoms with E-state index in [-0.39, 0.29) is 11.9 Å². The van der Waals surface area contributed by atoms with Crippen molar-refractivity contribution in [3.8, 4) is 0 Å². The molecule has 106 valence electrons. The van der Waals surface area contributed by atoms with Gasteiger partial charge < -0.3 is 10.6 Å². The molecule has 18 heavy (non-hydrogen) atoms. The van der Waals surface area contributed by atoms with Crippen LogP contribution in [0.4, 0.5) is 0 Å². The molecule has 0 aromatic carbocycles. The first-order chi connectivity index (χ1) is 8.40. The normalized spacial score (nSPS) is 13.1. The number of carbonyl (C=O) groups excluding carboxylic acids is 1. The van der Waals surface area contributed by atoms with E-state index in [1.165, 1.54) is 0 Å². The summed E-state index contributed by atoms with van der Waals surface area (Å²) >= 11 is 0. The molecule has 0 aromatic rings. The fraction of sp³-hybridized carbons (Fsp3) is 0.786. The first-order valence-corrected chi connectivity index (χ1v) is 6.77. The van der Waals surface area contributed by atoms with Gasteiger partial charge in [-0.1, -0.05) is 6.08 Å². The quantitative estimate of drug-likeness (QED) is 0.612. The zero-order chi connectivity index (χ0) is 14.1. The van der Waals surface area contributed by atoms with Crippen molar-refractivity contribution in [1.29, 1.82) is 0 Å². The molecule has 0 aromatic heterocycles. The number of hydrogen-bond donors (Lipinski definition) is 2. The Kier molecular flexibility index (Phi) is 8.67. The molecular weight excluding hydrogens is 226 g/mol. The van der Waals surface area contributed by atoms with Crippen LogP contribution in [0.25, 0.3) is 0 Å². The van der Waals surface area contributed by atoms with Gasteiger partial charge in [0, 0.05) is 31.7 Å². The molecule has 0 heterocycles. The molecule has 1 amide bonds. The Morgan fingerprint density at radius 3 is 2.22 bits per heavy atom. The highest BCUT2D eigenvalue weighted by atomic mass is 16.2.